The predicted octanol–water partition coefficient (Wildman–Crippen LogP) is 4.66. The maximum absolute atomic E-state index is 13.3. The van der Waals surface area contributed by atoms with E-state index >= 15 is 0 Å². The Morgan fingerprint density at radius 3 is 2.53 bits per heavy atom. The van der Waals surface area contributed by atoms with Crippen LogP contribution in [-0.2, 0) is 24.1 Å². The van der Waals surface area contributed by atoms with Gasteiger partial charge in [-0.05, 0) is 43.9 Å². The van der Waals surface area contributed by atoms with E-state index < -0.39 is 21.5 Å². The molecule has 2 atom stereocenters. The Bertz CT molecular complexity index is 1150. The van der Waals surface area contributed by atoms with Gasteiger partial charge in [0.25, 0.3) is 0 Å². The van der Waals surface area contributed by atoms with Crippen LogP contribution in [0.5, 0.6) is 0 Å². The number of halogens is 1. The third kappa shape index (κ3) is 5.94. The van der Waals surface area contributed by atoms with Crippen LogP contribution in [-0.4, -0.2) is 42.9 Å². The SMILES string of the molecule is CC1(C)OC[C@H](c2cnc(NC(=O)C(CC3CCCC3)c3ccc(S(C)(=O)=O)c(Cl)c3)cn2)O1. The van der Waals surface area contributed by atoms with Crippen LogP contribution in [0, 0.1) is 5.92 Å². The number of carbonyl (C=O) groups excluding carboxylic acids is 1. The molecule has 184 valence electrons. The number of nitrogens with one attached hydrogen (secondary N) is 1. The Kier molecular flexibility index (Phi) is 7.28. The molecule has 2 fully saturated rings. The summed E-state index contributed by atoms with van der Waals surface area (Å²) in [4.78, 5) is 22.1. The number of anilines is 1. The van der Waals surface area contributed by atoms with Crippen molar-refractivity contribution in [2.75, 3.05) is 18.2 Å². The summed E-state index contributed by atoms with van der Waals surface area (Å²) < 4.78 is 35.3. The van der Waals surface area contributed by atoms with E-state index in [-0.39, 0.29) is 21.9 Å². The smallest absolute Gasteiger partial charge is 0.233 e. The normalized spacial score (nSPS) is 21.5. The fourth-order valence-electron chi connectivity index (χ4n) is 4.62. The van der Waals surface area contributed by atoms with Gasteiger partial charge in [0.05, 0.1) is 40.5 Å². The summed E-state index contributed by atoms with van der Waals surface area (Å²) in [5.41, 5.74) is 1.32. The number of sulfone groups is 1. The van der Waals surface area contributed by atoms with Crippen molar-refractivity contribution in [3.05, 3.63) is 46.9 Å². The maximum atomic E-state index is 13.3. The highest BCUT2D eigenvalue weighted by molar-refractivity contribution is 7.90. The third-order valence-electron chi connectivity index (χ3n) is 6.38. The molecule has 0 radical (unpaired) electrons. The molecule has 0 spiro atoms. The quantitative estimate of drug-likeness (QED) is 0.580. The van der Waals surface area contributed by atoms with Crippen LogP contribution in [0.3, 0.4) is 0 Å². The second kappa shape index (κ2) is 9.89. The monoisotopic (exact) mass is 507 g/mol. The highest BCUT2D eigenvalue weighted by Crippen LogP contribution is 2.37. The van der Waals surface area contributed by atoms with E-state index in [9.17, 15) is 13.2 Å². The summed E-state index contributed by atoms with van der Waals surface area (Å²) in [5.74, 6) is -0.606. The Balaban J connectivity index is 1.52. The summed E-state index contributed by atoms with van der Waals surface area (Å²) in [7, 11) is -3.46. The number of aromatic nitrogens is 2. The molecule has 1 N–H and O–H groups in total. The Hall–Kier alpha value is -2.07. The number of benzene rings is 1. The minimum Gasteiger partial charge on any atom is -0.347 e. The second-order valence-corrected chi connectivity index (χ2v) is 11.9. The molecule has 1 unspecified atom stereocenters. The molecule has 8 nitrogen and oxygen atoms in total. The lowest BCUT2D eigenvalue weighted by atomic mass is 9.87. The highest BCUT2D eigenvalue weighted by atomic mass is 35.5. The van der Waals surface area contributed by atoms with Gasteiger partial charge in [0.15, 0.2) is 21.4 Å². The molecule has 0 bridgehead atoms. The number of rotatable bonds is 7. The molecule has 1 saturated heterocycles. The van der Waals surface area contributed by atoms with Crippen molar-refractivity contribution in [2.24, 2.45) is 5.92 Å². The number of hydrogen-bond donors (Lipinski definition) is 1. The van der Waals surface area contributed by atoms with Gasteiger partial charge in [-0.25, -0.2) is 13.4 Å². The van der Waals surface area contributed by atoms with Crippen molar-refractivity contribution in [2.45, 2.75) is 68.7 Å². The zero-order valence-electron chi connectivity index (χ0n) is 19.6. The lowest BCUT2D eigenvalue weighted by Crippen LogP contribution is -2.24. The van der Waals surface area contributed by atoms with Crippen molar-refractivity contribution < 1.29 is 22.7 Å². The van der Waals surface area contributed by atoms with Crippen LogP contribution in [0.2, 0.25) is 5.02 Å². The fraction of sp³-hybridized carbons (Fsp3) is 0.542. The van der Waals surface area contributed by atoms with Crippen molar-refractivity contribution >= 4 is 33.2 Å². The van der Waals surface area contributed by atoms with Gasteiger partial charge >= 0.3 is 0 Å². The summed E-state index contributed by atoms with van der Waals surface area (Å²) in [6.07, 6.45) is 9.02. The summed E-state index contributed by atoms with van der Waals surface area (Å²) in [5, 5.41) is 2.99. The van der Waals surface area contributed by atoms with Gasteiger partial charge in [-0.1, -0.05) is 43.4 Å². The molecule has 2 aliphatic rings. The number of hydrogen-bond acceptors (Lipinski definition) is 7. The lowest BCUT2D eigenvalue weighted by molar-refractivity contribution is -0.139. The molecule has 2 heterocycles. The topological polar surface area (TPSA) is 107 Å². The first kappa shape index (κ1) is 25.0. The molecule has 1 saturated carbocycles. The van der Waals surface area contributed by atoms with Gasteiger partial charge in [0.2, 0.25) is 5.91 Å². The lowest BCUT2D eigenvalue weighted by Gasteiger charge is -2.21. The van der Waals surface area contributed by atoms with E-state index in [1.165, 1.54) is 12.3 Å². The number of ether oxygens (including phenoxy) is 2. The zero-order valence-corrected chi connectivity index (χ0v) is 21.2. The van der Waals surface area contributed by atoms with Crippen LogP contribution in [0.25, 0.3) is 0 Å². The van der Waals surface area contributed by atoms with Crippen LogP contribution in [0.15, 0.2) is 35.5 Å². The first-order valence-electron chi connectivity index (χ1n) is 11.5. The van der Waals surface area contributed by atoms with Crippen LogP contribution >= 0.6 is 11.6 Å². The van der Waals surface area contributed by atoms with E-state index in [0.29, 0.717) is 36.0 Å². The summed E-state index contributed by atoms with van der Waals surface area (Å²) in [6.45, 7) is 4.07. The molecule has 1 aromatic heterocycles. The van der Waals surface area contributed by atoms with E-state index in [0.717, 1.165) is 31.9 Å². The molecule has 10 heteroatoms. The molecule has 4 rings (SSSR count). The summed E-state index contributed by atoms with van der Waals surface area (Å²) in [6, 6.07) is 4.74. The standard InChI is InChI=1S/C24H30ClN3O5S/c1-24(2)32-14-20(33-24)19-12-27-22(13-26-19)28-23(29)17(10-15-6-4-5-7-15)16-8-9-21(18(25)11-16)34(3,30)31/h8-9,11-13,15,17,20H,4-7,10,14H2,1-3H3,(H,27,28,29)/t17?,20-/m1/s1. The van der Waals surface area contributed by atoms with Crippen molar-refractivity contribution in [1.29, 1.82) is 0 Å². The van der Waals surface area contributed by atoms with Crippen molar-refractivity contribution in [1.82, 2.24) is 9.97 Å². The van der Waals surface area contributed by atoms with E-state index in [1.807, 2.05) is 13.8 Å². The molecule has 1 aromatic carbocycles. The van der Waals surface area contributed by atoms with Crippen LogP contribution < -0.4 is 5.32 Å². The minimum atomic E-state index is -3.46. The number of carbonyl (C=O) groups is 1. The summed E-state index contributed by atoms with van der Waals surface area (Å²) >= 11 is 6.28. The molecule has 2 aromatic rings. The average molecular weight is 508 g/mol. The Labute approximate surface area is 205 Å². The predicted molar refractivity (Wildman–Crippen MR) is 128 cm³/mol. The molecule has 1 aliphatic heterocycles. The second-order valence-electron chi connectivity index (χ2n) is 9.53. The molecule has 34 heavy (non-hydrogen) atoms. The number of nitrogens with zero attached hydrogens (tertiary/aromatic N) is 2. The third-order valence-corrected chi connectivity index (χ3v) is 7.96. The minimum absolute atomic E-state index is 0.0562. The first-order valence-corrected chi connectivity index (χ1v) is 13.7. The Morgan fingerprint density at radius 1 is 1.24 bits per heavy atom. The molecule has 1 aliphatic carbocycles. The average Bonchev–Trinajstić information content (AvgIpc) is 3.40. The van der Waals surface area contributed by atoms with E-state index in [2.05, 4.69) is 15.3 Å². The fourth-order valence-corrected chi connectivity index (χ4v) is 5.96. The first-order chi connectivity index (χ1) is 16.0. The van der Waals surface area contributed by atoms with Crippen LogP contribution in [0.4, 0.5) is 5.82 Å². The Morgan fingerprint density at radius 2 is 1.97 bits per heavy atom. The number of amides is 1. The van der Waals surface area contributed by atoms with Gasteiger partial charge < -0.3 is 14.8 Å². The highest BCUT2D eigenvalue weighted by Gasteiger charge is 2.34. The van der Waals surface area contributed by atoms with E-state index in [4.69, 9.17) is 21.1 Å². The van der Waals surface area contributed by atoms with Gasteiger partial charge in [0.1, 0.15) is 6.10 Å². The van der Waals surface area contributed by atoms with Gasteiger partial charge in [0, 0.05) is 6.26 Å². The molecular weight excluding hydrogens is 478 g/mol. The zero-order chi connectivity index (χ0) is 24.5. The van der Waals surface area contributed by atoms with Gasteiger partial charge in [-0.15, -0.1) is 0 Å². The van der Waals surface area contributed by atoms with Crippen LogP contribution in [0.1, 0.15) is 69.2 Å². The van der Waals surface area contributed by atoms with Gasteiger partial charge in [-0.3, -0.25) is 9.78 Å². The van der Waals surface area contributed by atoms with Crippen molar-refractivity contribution in [3.8, 4) is 0 Å². The van der Waals surface area contributed by atoms with Gasteiger partial charge in [-0.2, -0.15) is 0 Å². The van der Waals surface area contributed by atoms with Crippen molar-refractivity contribution in [3.63, 3.8) is 0 Å². The molecule has 1 amide bonds. The van der Waals surface area contributed by atoms with E-state index in [1.54, 1.807) is 18.3 Å². The maximum Gasteiger partial charge on any atom is 0.233 e. The molecular formula is C24H30ClN3O5S. The largest absolute Gasteiger partial charge is 0.347 e.